The van der Waals surface area contributed by atoms with Gasteiger partial charge in [-0.15, -0.1) is 12.4 Å². The van der Waals surface area contributed by atoms with Crippen molar-refractivity contribution >= 4 is 29.9 Å². The van der Waals surface area contributed by atoms with Gasteiger partial charge in [0.25, 0.3) is 0 Å². The maximum absolute atomic E-state index is 12.9. The summed E-state index contributed by atoms with van der Waals surface area (Å²) in [6, 6.07) is 7.76. The molecule has 1 aromatic rings. The van der Waals surface area contributed by atoms with Gasteiger partial charge < -0.3 is 16.0 Å². The first-order valence-corrected chi connectivity index (χ1v) is 7.99. The Bertz CT molecular complexity index is 583. The van der Waals surface area contributed by atoms with Crippen LogP contribution < -0.4 is 11.1 Å². The number of para-hydroxylation sites is 1. The summed E-state index contributed by atoms with van der Waals surface area (Å²) in [5.41, 5.74) is 7.65. The quantitative estimate of drug-likeness (QED) is 0.868. The molecule has 6 heteroatoms. The van der Waals surface area contributed by atoms with Gasteiger partial charge in [-0.1, -0.05) is 18.2 Å². The summed E-state index contributed by atoms with van der Waals surface area (Å²) in [6.45, 7) is 3.51. The number of hydrogen-bond acceptors (Lipinski definition) is 3. The number of anilines is 1. The zero-order valence-corrected chi connectivity index (χ0v) is 14.1. The molecule has 0 spiro atoms. The SMILES string of the molecule is CC(N)C1CCN(C(=O)C2CC(=O)Nc3ccccc32)CC1.Cl. The molecule has 2 aliphatic heterocycles. The predicted molar refractivity (Wildman–Crippen MR) is 92.6 cm³/mol. The van der Waals surface area contributed by atoms with E-state index in [0.717, 1.165) is 37.2 Å². The van der Waals surface area contributed by atoms with Crippen molar-refractivity contribution in [1.82, 2.24) is 4.90 Å². The summed E-state index contributed by atoms with van der Waals surface area (Å²) in [6.07, 6.45) is 2.14. The topological polar surface area (TPSA) is 75.4 Å². The van der Waals surface area contributed by atoms with E-state index < -0.39 is 0 Å². The average molecular weight is 338 g/mol. The van der Waals surface area contributed by atoms with Crippen molar-refractivity contribution in [2.24, 2.45) is 11.7 Å². The van der Waals surface area contributed by atoms with Gasteiger partial charge in [-0.2, -0.15) is 0 Å². The van der Waals surface area contributed by atoms with Crippen molar-refractivity contribution in [3.8, 4) is 0 Å². The number of nitrogens with one attached hydrogen (secondary N) is 1. The number of carbonyl (C=O) groups is 2. The highest BCUT2D eigenvalue weighted by Crippen LogP contribution is 2.34. The Morgan fingerprint density at radius 2 is 1.96 bits per heavy atom. The molecular weight excluding hydrogens is 314 g/mol. The molecule has 1 aromatic carbocycles. The maximum Gasteiger partial charge on any atom is 0.230 e. The number of hydrogen-bond donors (Lipinski definition) is 2. The third kappa shape index (κ3) is 3.67. The second-order valence-corrected chi connectivity index (χ2v) is 6.41. The van der Waals surface area contributed by atoms with Crippen molar-refractivity contribution in [3.63, 3.8) is 0 Å². The first kappa shape index (κ1) is 17.8. The average Bonchev–Trinajstić information content (AvgIpc) is 2.53. The van der Waals surface area contributed by atoms with Gasteiger partial charge in [-0.3, -0.25) is 9.59 Å². The Labute approximate surface area is 143 Å². The summed E-state index contributed by atoms with van der Waals surface area (Å²) >= 11 is 0. The molecule has 2 atom stereocenters. The summed E-state index contributed by atoms with van der Waals surface area (Å²) in [5.74, 6) is 0.135. The van der Waals surface area contributed by atoms with Crippen LogP contribution in [0.15, 0.2) is 24.3 Å². The van der Waals surface area contributed by atoms with Gasteiger partial charge in [-0.05, 0) is 37.3 Å². The Hall–Kier alpha value is -1.59. The number of amides is 2. The third-order valence-electron chi connectivity index (χ3n) is 4.89. The zero-order chi connectivity index (χ0) is 15.7. The molecule has 0 aromatic heterocycles. The normalized spacial score (nSPS) is 22.6. The lowest BCUT2D eigenvalue weighted by molar-refractivity contribution is -0.136. The van der Waals surface area contributed by atoms with Crippen LogP contribution in [0.3, 0.4) is 0 Å². The first-order valence-electron chi connectivity index (χ1n) is 7.99. The molecule has 0 saturated carbocycles. The number of nitrogens with zero attached hydrogens (tertiary/aromatic N) is 1. The van der Waals surface area contributed by atoms with Crippen LogP contribution in [0.2, 0.25) is 0 Å². The number of rotatable bonds is 2. The fourth-order valence-electron chi connectivity index (χ4n) is 3.50. The van der Waals surface area contributed by atoms with Crippen LogP contribution in [0, 0.1) is 5.92 Å². The number of nitrogens with two attached hydrogens (primary N) is 1. The molecule has 1 saturated heterocycles. The van der Waals surface area contributed by atoms with Gasteiger partial charge in [-0.25, -0.2) is 0 Å². The number of piperidine rings is 1. The summed E-state index contributed by atoms with van der Waals surface area (Å²) in [5, 5.41) is 2.84. The van der Waals surface area contributed by atoms with Gasteiger partial charge in [0, 0.05) is 31.2 Å². The molecule has 2 unspecified atom stereocenters. The van der Waals surface area contributed by atoms with E-state index in [1.807, 2.05) is 36.1 Å². The van der Waals surface area contributed by atoms with Crippen LogP contribution in [0.5, 0.6) is 0 Å². The number of halogens is 1. The highest BCUT2D eigenvalue weighted by molar-refractivity contribution is 6.01. The van der Waals surface area contributed by atoms with E-state index in [-0.39, 0.29) is 42.6 Å². The standard InChI is InChI=1S/C17H23N3O2.ClH/c1-11(18)12-6-8-20(9-7-12)17(22)14-10-16(21)19-15-5-3-2-4-13(14)15;/h2-5,11-12,14H,6-10,18H2,1H3,(H,19,21);1H. The summed E-state index contributed by atoms with van der Waals surface area (Å²) < 4.78 is 0. The largest absolute Gasteiger partial charge is 0.342 e. The van der Waals surface area contributed by atoms with E-state index >= 15 is 0 Å². The Kier molecular flexibility index (Phi) is 5.65. The number of carbonyl (C=O) groups excluding carboxylic acids is 2. The van der Waals surface area contributed by atoms with E-state index in [1.54, 1.807) is 0 Å². The van der Waals surface area contributed by atoms with Crippen LogP contribution in [0.1, 0.15) is 37.7 Å². The fraction of sp³-hybridized carbons (Fsp3) is 0.529. The Morgan fingerprint density at radius 3 is 2.61 bits per heavy atom. The van der Waals surface area contributed by atoms with E-state index in [4.69, 9.17) is 5.73 Å². The van der Waals surface area contributed by atoms with Gasteiger partial charge in [0.05, 0.1) is 5.92 Å². The second-order valence-electron chi connectivity index (χ2n) is 6.41. The van der Waals surface area contributed by atoms with Gasteiger partial charge >= 0.3 is 0 Å². The van der Waals surface area contributed by atoms with E-state index in [0.29, 0.717) is 5.92 Å². The second kappa shape index (κ2) is 7.32. The van der Waals surface area contributed by atoms with Gasteiger partial charge in [0.15, 0.2) is 0 Å². The monoisotopic (exact) mass is 337 g/mol. The zero-order valence-electron chi connectivity index (χ0n) is 13.3. The molecule has 0 aliphatic carbocycles. The molecule has 5 nitrogen and oxygen atoms in total. The maximum atomic E-state index is 12.9. The molecule has 2 aliphatic rings. The molecule has 2 amide bonds. The Morgan fingerprint density at radius 1 is 1.30 bits per heavy atom. The minimum absolute atomic E-state index is 0. The predicted octanol–water partition coefficient (Wildman–Crippen LogP) is 2.12. The minimum Gasteiger partial charge on any atom is -0.342 e. The molecule has 0 bridgehead atoms. The molecule has 23 heavy (non-hydrogen) atoms. The van der Waals surface area contributed by atoms with Crippen molar-refractivity contribution < 1.29 is 9.59 Å². The van der Waals surface area contributed by atoms with Gasteiger partial charge in [0.1, 0.15) is 0 Å². The van der Waals surface area contributed by atoms with Crippen molar-refractivity contribution in [1.29, 1.82) is 0 Å². The number of benzene rings is 1. The lowest BCUT2D eigenvalue weighted by atomic mass is 9.87. The highest BCUT2D eigenvalue weighted by Gasteiger charge is 2.35. The first-order chi connectivity index (χ1) is 10.6. The molecule has 2 heterocycles. The van der Waals surface area contributed by atoms with E-state index in [2.05, 4.69) is 5.32 Å². The Balaban J connectivity index is 0.00000192. The van der Waals surface area contributed by atoms with Crippen LogP contribution >= 0.6 is 12.4 Å². The third-order valence-corrected chi connectivity index (χ3v) is 4.89. The summed E-state index contributed by atoms with van der Waals surface area (Å²) in [7, 11) is 0. The molecule has 3 rings (SSSR count). The molecule has 1 fully saturated rings. The van der Waals surface area contributed by atoms with Crippen molar-refractivity contribution in [3.05, 3.63) is 29.8 Å². The smallest absolute Gasteiger partial charge is 0.230 e. The van der Waals surface area contributed by atoms with Crippen LogP contribution in [0.25, 0.3) is 0 Å². The lowest BCUT2D eigenvalue weighted by Gasteiger charge is -2.36. The molecule has 0 radical (unpaired) electrons. The number of likely N-dealkylation sites (tertiary alicyclic amines) is 1. The minimum atomic E-state index is -0.350. The van der Waals surface area contributed by atoms with Crippen molar-refractivity contribution in [2.45, 2.75) is 38.1 Å². The van der Waals surface area contributed by atoms with Crippen LogP contribution in [0.4, 0.5) is 5.69 Å². The summed E-state index contributed by atoms with van der Waals surface area (Å²) in [4.78, 5) is 26.6. The number of fused-ring (bicyclic) bond motifs is 1. The molecule has 126 valence electrons. The molecule has 3 N–H and O–H groups in total. The van der Waals surface area contributed by atoms with E-state index in [9.17, 15) is 9.59 Å². The van der Waals surface area contributed by atoms with Crippen LogP contribution in [-0.4, -0.2) is 35.8 Å². The van der Waals surface area contributed by atoms with Crippen LogP contribution in [-0.2, 0) is 9.59 Å². The fourth-order valence-corrected chi connectivity index (χ4v) is 3.50. The van der Waals surface area contributed by atoms with E-state index in [1.165, 1.54) is 0 Å². The van der Waals surface area contributed by atoms with Gasteiger partial charge in [0.2, 0.25) is 11.8 Å². The van der Waals surface area contributed by atoms with Crippen molar-refractivity contribution in [2.75, 3.05) is 18.4 Å². The molecular formula is C17H24ClN3O2. The highest BCUT2D eigenvalue weighted by atomic mass is 35.5. The lowest BCUT2D eigenvalue weighted by Crippen LogP contribution is -2.45.